The summed E-state index contributed by atoms with van der Waals surface area (Å²) in [7, 11) is 1.41. The van der Waals surface area contributed by atoms with Gasteiger partial charge in [-0.1, -0.05) is 12.1 Å². The van der Waals surface area contributed by atoms with Crippen molar-refractivity contribution in [1.82, 2.24) is 4.98 Å². The number of nitrogens with zero attached hydrogens (tertiary/aromatic N) is 2. The summed E-state index contributed by atoms with van der Waals surface area (Å²) in [6.45, 7) is 0. The number of ether oxygens (including phenoxy) is 1. The van der Waals surface area contributed by atoms with Crippen molar-refractivity contribution >= 4 is 5.69 Å². The van der Waals surface area contributed by atoms with Gasteiger partial charge in [-0.2, -0.15) is 0 Å². The molecule has 0 amide bonds. The number of benzene rings is 1. The Kier molecular flexibility index (Phi) is 3.00. The van der Waals surface area contributed by atoms with Gasteiger partial charge in [0.1, 0.15) is 0 Å². The zero-order valence-corrected chi connectivity index (χ0v) is 9.16. The normalized spacial score (nSPS) is 9.94. The van der Waals surface area contributed by atoms with Crippen LogP contribution in [-0.4, -0.2) is 17.0 Å². The molecule has 0 bridgehead atoms. The van der Waals surface area contributed by atoms with E-state index < -0.39 is 4.92 Å². The number of methoxy groups -OCH3 is 1. The number of nitro benzene ring substituents is 1. The maximum atomic E-state index is 11.1. The minimum Gasteiger partial charge on any atom is -0.490 e. The standard InChI is InChI=1S/C12H10N2O3/c1-17-11-7-4-5-9(12(11)14(15)16)10-6-2-3-8-13-10/h2-8H,1H3. The van der Waals surface area contributed by atoms with Gasteiger partial charge in [0.15, 0.2) is 5.75 Å². The highest BCUT2D eigenvalue weighted by atomic mass is 16.6. The zero-order chi connectivity index (χ0) is 12.3. The molecule has 1 aromatic carbocycles. The van der Waals surface area contributed by atoms with Gasteiger partial charge in [-0.25, -0.2) is 0 Å². The van der Waals surface area contributed by atoms with Crippen molar-refractivity contribution in [2.75, 3.05) is 7.11 Å². The Labute approximate surface area is 97.8 Å². The van der Waals surface area contributed by atoms with Gasteiger partial charge in [0.25, 0.3) is 0 Å². The first-order chi connectivity index (χ1) is 8.24. The first-order valence-corrected chi connectivity index (χ1v) is 4.97. The van der Waals surface area contributed by atoms with E-state index in [-0.39, 0.29) is 11.4 Å². The number of hydrogen-bond acceptors (Lipinski definition) is 4. The van der Waals surface area contributed by atoms with E-state index in [0.29, 0.717) is 11.3 Å². The van der Waals surface area contributed by atoms with Crippen LogP contribution in [0.5, 0.6) is 5.75 Å². The molecular formula is C12H10N2O3. The molecule has 5 nitrogen and oxygen atoms in total. The smallest absolute Gasteiger partial charge is 0.320 e. The molecule has 0 aliphatic rings. The number of hydrogen-bond donors (Lipinski definition) is 0. The Morgan fingerprint density at radius 3 is 2.65 bits per heavy atom. The summed E-state index contributed by atoms with van der Waals surface area (Å²) in [5.74, 6) is 0.234. The Bertz CT molecular complexity index is 541. The summed E-state index contributed by atoms with van der Waals surface area (Å²) >= 11 is 0. The maximum Gasteiger partial charge on any atom is 0.320 e. The first kappa shape index (κ1) is 11.1. The fourth-order valence-corrected chi connectivity index (χ4v) is 1.60. The second-order valence-electron chi connectivity index (χ2n) is 3.33. The van der Waals surface area contributed by atoms with Crippen LogP contribution in [0.25, 0.3) is 11.3 Å². The topological polar surface area (TPSA) is 65.3 Å². The van der Waals surface area contributed by atoms with Gasteiger partial charge in [-0.05, 0) is 24.3 Å². The number of pyridine rings is 1. The van der Waals surface area contributed by atoms with Gasteiger partial charge >= 0.3 is 5.69 Å². The van der Waals surface area contributed by atoms with Crippen LogP contribution < -0.4 is 4.74 Å². The van der Waals surface area contributed by atoms with Crippen LogP contribution in [0.1, 0.15) is 0 Å². The Balaban J connectivity index is 2.66. The van der Waals surface area contributed by atoms with E-state index in [9.17, 15) is 10.1 Å². The van der Waals surface area contributed by atoms with Crippen molar-refractivity contribution in [3.63, 3.8) is 0 Å². The second-order valence-corrected chi connectivity index (χ2v) is 3.33. The van der Waals surface area contributed by atoms with Crippen molar-refractivity contribution in [2.45, 2.75) is 0 Å². The maximum absolute atomic E-state index is 11.1. The van der Waals surface area contributed by atoms with Crippen molar-refractivity contribution < 1.29 is 9.66 Å². The van der Waals surface area contributed by atoms with Crippen LogP contribution in [0.4, 0.5) is 5.69 Å². The number of nitro groups is 1. The molecular weight excluding hydrogens is 220 g/mol. The van der Waals surface area contributed by atoms with Crippen LogP contribution in [0.2, 0.25) is 0 Å². The molecule has 17 heavy (non-hydrogen) atoms. The predicted molar refractivity (Wildman–Crippen MR) is 62.9 cm³/mol. The molecule has 0 N–H and O–H groups in total. The highest BCUT2D eigenvalue weighted by molar-refractivity contribution is 5.74. The van der Waals surface area contributed by atoms with Gasteiger partial charge in [0.05, 0.1) is 23.3 Å². The molecule has 0 spiro atoms. The van der Waals surface area contributed by atoms with Crippen LogP contribution in [0.3, 0.4) is 0 Å². The SMILES string of the molecule is COc1cccc(-c2ccccn2)c1[N+](=O)[O-]. The zero-order valence-electron chi connectivity index (χ0n) is 9.16. The third-order valence-electron chi connectivity index (χ3n) is 2.34. The average molecular weight is 230 g/mol. The average Bonchev–Trinajstić information content (AvgIpc) is 2.38. The quantitative estimate of drug-likeness (QED) is 0.600. The highest BCUT2D eigenvalue weighted by Gasteiger charge is 2.21. The van der Waals surface area contributed by atoms with Crippen LogP contribution >= 0.6 is 0 Å². The highest BCUT2D eigenvalue weighted by Crippen LogP contribution is 2.36. The lowest BCUT2D eigenvalue weighted by Gasteiger charge is -2.06. The van der Waals surface area contributed by atoms with Crippen LogP contribution in [-0.2, 0) is 0 Å². The van der Waals surface area contributed by atoms with E-state index >= 15 is 0 Å². The summed E-state index contributed by atoms with van der Waals surface area (Å²) in [5.41, 5.74) is 0.946. The van der Waals surface area contributed by atoms with E-state index in [1.807, 2.05) is 0 Å². The van der Waals surface area contributed by atoms with Crippen LogP contribution in [0.15, 0.2) is 42.6 Å². The van der Waals surface area contributed by atoms with Gasteiger partial charge < -0.3 is 4.74 Å². The summed E-state index contributed by atoms with van der Waals surface area (Å²) in [5, 5.41) is 11.1. The Morgan fingerprint density at radius 1 is 1.24 bits per heavy atom. The van der Waals surface area contributed by atoms with Crippen LogP contribution in [0, 0.1) is 10.1 Å². The van der Waals surface area contributed by atoms with E-state index in [1.165, 1.54) is 7.11 Å². The lowest BCUT2D eigenvalue weighted by molar-refractivity contribution is -0.385. The number of aromatic nitrogens is 1. The molecule has 0 saturated carbocycles. The minimum absolute atomic E-state index is 0.0614. The summed E-state index contributed by atoms with van der Waals surface area (Å²) in [6.07, 6.45) is 1.60. The van der Waals surface area contributed by atoms with Crippen molar-refractivity contribution in [3.8, 4) is 17.0 Å². The third kappa shape index (κ3) is 2.08. The lowest BCUT2D eigenvalue weighted by atomic mass is 10.1. The summed E-state index contributed by atoms with van der Waals surface area (Å²) in [4.78, 5) is 14.7. The fraction of sp³-hybridized carbons (Fsp3) is 0.0833. The number of para-hydroxylation sites is 1. The first-order valence-electron chi connectivity index (χ1n) is 4.97. The fourth-order valence-electron chi connectivity index (χ4n) is 1.60. The Hall–Kier alpha value is -2.43. The summed E-state index contributed by atoms with van der Waals surface area (Å²) < 4.78 is 5.00. The van der Waals surface area contributed by atoms with E-state index in [0.717, 1.165) is 0 Å². The van der Waals surface area contributed by atoms with Gasteiger partial charge in [-0.3, -0.25) is 15.1 Å². The molecule has 0 saturated heterocycles. The Morgan fingerprint density at radius 2 is 2.06 bits per heavy atom. The molecule has 1 aromatic heterocycles. The molecule has 86 valence electrons. The lowest BCUT2D eigenvalue weighted by Crippen LogP contribution is -1.97. The molecule has 0 radical (unpaired) electrons. The summed E-state index contributed by atoms with van der Waals surface area (Å²) in [6, 6.07) is 10.2. The second kappa shape index (κ2) is 4.61. The third-order valence-corrected chi connectivity index (χ3v) is 2.34. The molecule has 5 heteroatoms. The van der Waals surface area contributed by atoms with Crippen molar-refractivity contribution in [3.05, 3.63) is 52.7 Å². The molecule has 2 aromatic rings. The molecule has 0 atom stereocenters. The van der Waals surface area contributed by atoms with Gasteiger partial charge in [0, 0.05) is 6.20 Å². The monoisotopic (exact) mass is 230 g/mol. The van der Waals surface area contributed by atoms with E-state index in [1.54, 1.807) is 42.6 Å². The predicted octanol–water partition coefficient (Wildman–Crippen LogP) is 2.67. The van der Waals surface area contributed by atoms with E-state index in [4.69, 9.17) is 4.74 Å². The molecule has 0 fully saturated rings. The number of rotatable bonds is 3. The van der Waals surface area contributed by atoms with Crippen molar-refractivity contribution in [2.24, 2.45) is 0 Å². The molecule has 1 heterocycles. The van der Waals surface area contributed by atoms with Gasteiger partial charge in [0.2, 0.25) is 0 Å². The van der Waals surface area contributed by atoms with Crippen molar-refractivity contribution in [1.29, 1.82) is 0 Å². The van der Waals surface area contributed by atoms with E-state index in [2.05, 4.69) is 4.98 Å². The molecule has 0 aliphatic carbocycles. The minimum atomic E-state index is -0.456. The molecule has 0 unspecified atom stereocenters. The largest absolute Gasteiger partial charge is 0.490 e. The molecule has 2 rings (SSSR count). The molecule has 0 aliphatic heterocycles. The van der Waals surface area contributed by atoms with Gasteiger partial charge in [-0.15, -0.1) is 0 Å².